The number of rotatable bonds is 11. The third-order valence-electron chi connectivity index (χ3n) is 3.59. The van der Waals surface area contributed by atoms with Crippen LogP contribution < -0.4 is 0 Å². The number of hydrogen-bond acceptors (Lipinski definition) is 5. The van der Waals surface area contributed by atoms with Crippen LogP contribution in [0.5, 0.6) is 0 Å². The molecule has 0 aromatic heterocycles. The first-order chi connectivity index (χ1) is 10.1. The van der Waals surface area contributed by atoms with Crippen molar-refractivity contribution >= 4 is 17.9 Å². The molecule has 1 aliphatic heterocycles. The fraction of sp³-hybridized carbons (Fsp3) is 0.812. The van der Waals surface area contributed by atoms with E-state index in [2.05, 4.69) is 11.7 Å². The highest BCUT2D eigenvalue weighted by Crippen LogP contribution is 2.14. The fourth-order valence-electron chi connectivity index (χ4n) is 2.34. The molecule has 0 aliphatic carbocycles. The summed E-state index contributed by atoms with van der Waals surface area (Å²) in [6.45, 7) is 2.21. The summed E-state index contributed by atoms with van der Waals surface area (Å²) in [6, 6.07) is 0. The highest BCUT2D eigenvalue weighted by Gasteiger charge is 2.36. The average molecular weight is 298 g/mol. The zero-order chi connectivity index (χ0) is 15.5. The number of carbonyl (C=O) groups excluding carboxylic acids is 3. The van der Waals surface area contributed by atoms with E-state index < -0.39 is 24.0 Å². The molecular weight excluding hydrogens is 272 g/mol. The summed E-state index contributed by atoms with van der Waals surface area (Å²) in [5.41, 5.74) is 0. The van der Waals surface area contributed by atoms with Gasteiger partial charge < -0.3 is 9.47 Å². The standard InChI is InChI=1S/C16H26O5/c1-2-3-4-5-6-7-8-9-10-11-14(17)20-13-12-15(18)21-16(13)19/h13H,2-12H2,1H3/t13-/m0/s1. The van der Waals surface area contributed by atoms with Crippen molar-refractivity contribution in [1.82, 2.24) is 0 Å². The van der Waals surface area contributed by atoms with Gasteiger partial charge in [0.05, 0.1) is 6.42 Å². The van der Waals surface area contributed by atoms with Crippen molar-refractivity contribution in [1.29, 1.82) is 0 Å². The lowest BCUT2D eigenvalue weighted by molar-refractivity contribution is -0.162. The van der Waals surface area contributed by atoms with Gasteiger partial charge in [-0.05, 0) is 6.42 Å². The van der Waals surface area contributed by atoms with Crippen molar-refractivity contribution in [2.45, 2.75) is 83.7 Å². The van der Waals surface area contributed by atoms with E-state index in [1.165, 1.54) is 38.5 Å². The van der Waals surface area contributed by atoms with E-state index in [1.54, 1.807) is 0 Å². The van der Waals surface area contributed by atoms with Crippen LogP contribution in [0.1, 0.15) is 77.6 Å². The number of unbranched alkanes of at least 4 members (excludes halogenated alkanes) is 8. The molecule has 0 aromatic rings. The number of cyclic esters (lactones) is 2. The van der Waals surface area contributed by atoms with Crippen LogP contribution >= 0.6 is 0 Å². The second-order valence-corrected chi connectivity index (χ2v) is 5.55. The second-order valence-electron chi connectivity index (χ2n) is 5.55. The summed E-state index contributed by atoms with van der Waals surface area (Å²) in [5.74, 6) is -1.80. The van der Waals surface area contributed by atoms with Crippen molar-refractivity contribution in [3.8, 4) is 0 Å². The average Bonchev–Trinajstić information content (AvgIpc) is 2.75. The van der Waals surface area contributed by atoms with E-state index >= 15 is 0 Å². The Balaban J connectivity index is 1.94. The largest absolute Gasteiger partial charge is 0.450 e. The minimum atomic E-state index is -1.02. The third-order valence-corrected chi connectivity index (χ3v) is 3.59. The van der Waals surface area contributed by atoms with Gasteiger partial charge in [0.25, 0.3) is 0 Å². The van der Waals surface area contributed by atoms with Crippen molar-refractivity contribution < 1.29 is 23.9 Å². The third kappa shape index (κ3) is 7.83. The number of carbonyl (C=O) groups is 3. The smallest absolute Gasteiger partial charge is 0.355 e. The van der Waals surface area contributed by atoms with Gasteiger partial charge in [-0.1, -0.05) is 58.3 Å². The summed E-state index contributed by atoms with van der Waals surface area (Å²) in [4.78, 5) is 33.5. The lowest BCUT2D eigenvalue weighted by atomic mass is 10.1. The van der Waals surface area contributed by atoms with E-state index in [4.69, 9.17) is 4.74 Å². The lowest BCUT2D eigenvalue weighted by Crippen LogP contribution is -2.22. The van der Waals surface area contributed by atoms with Crippen LogP contribution in [0, 0.1) is 0 Å². The van der Waals surface area contributed by atoms with Gasteiger partial charge in [-0.2, -0.15) is 0 Å². The molecule has 1 saturated heterocycles. The Morgan fingerprint density at radius 3 is 2.14 bits per heavy atom. The van der Waals surface area contributed by atoms with Gasteiger partial charge in [-0.3, -0.25) is 9.59 Å². The van der Waals surface area contributed by atoms with Gasteiger partial charge in [0.2, 0.25) is 6.10 Å². The molecular formula is C16H26O5. The highest BCUT2D eigenvalue weighted by molar-refractivity contribution is 5.97. The summed E-state index contributed by atoms with van der Waals surface area (Å²) in [7, 11) is 0. The number of hydrogen-bond donors (Lipinski definition) is 0. The Morgan fingerprint density at radius 2 is 1.62 bits per heavy atom. The molecule has 0 N–H and O–H groups in total. The molecule has 0 unspecified atom stereocenters. The highest BCUT2D eigenvalue weighted by atomic mass is 16.6. The van der Waals surface area contributed by atoms with Crippen LogP contribution in [0.4, 0.5) is 0 Å². The first kappa shape index (κ1) is 17.7. The first-order valence-electron chi connectivity index (χ1n) is 8.07. The normalized spacial score (nSPS) is 17.9. The summed E-state index contributed by atoms with van der Waals surface area (Å²) >= 11 is 0. The SMILES string of the molecule is CCCCCCCCCCCC(=O)O[C@H]1CC(=O)OC1=O. The quantitative estimate of drug-likeness (QED) is 0.332. The molecule has 0 amide bonds. The Hall–Kier alpha value is -1.39. The zero-order valence-electron chi connectivity index (χ0n) is 12.9. The second kappa shape index (κ2) is 10.4. The molecule has 5 nitrogen and oxygen atoms in total. The minimum Gasteiger partial charge on any atom is -0.450 e. The van der Waals surface area contributed by atoms with Crippen LogP contribution in [-0.4, -0.2) is 24.0 Å². The van der Waals surface area contributed by atoms with Gasteiger partial charge in [-0.15, -0.1) is 0 Å². The fourth-order valence-corrected chi connectivity index (χ4v) is 2.34. The topological polar surface area (TPSA) is 69.7 Å². The van der Waals surface area contributed by atoms with Crippen LogP contribution in [0.3, 0.4) is 0 Å². The summed E-state index contributed by atoms with van der Waals surface area (Å²) in [5, 5.41) is 0. The van der Waals surface area contributed by atoms with Gasteiger partial charge in [0.15, 0.2) is 0 Å². The maximum atomic E-state index is 11.5. The Kier molecular flexibility index (Phi) is 8.71. The molecule has 1 aliphatic rings. The minimum absolute atomic E-state index is 0.150. The van der Waals surface area contributed by atoms with Crippen LogP contribution in [0.25, 0.3) is 0 Å². The monoisotopic (exact) mass is 298 g/mol. The van der Waals surface area contributed by atoms with E-state index in [0.29, 0.717) is 6.42 Å². The zero-order valence-corrected chi connectivity index (χ0v) is 12.9. The maximum Gasteiger partial charge on any atom is 0.355 e. The predicted molar refractivity (Wildman–Crippen MR) is 77.4 cm³/mol. The van der Waals surface area contributed by atoms with Crippen LogP contribution in [0.15, 0.2) is 0 Å². The van der Waals surface area contributed by atoms with Crippen LogP contribution in [0.2, 0.25) is 0 Å². The first-order valence-corrected chi connectivity index (χ1v) is 8.07. The molecule has 0 aromatic carbocycles. The summed E-state index contributed by atoms with van der Waals surface area (Å²) in [6.07, 6.45) is 9.69. The molecule has 21 heavy (non-hydrogen) atoms. The van der Waals surface area contributed by atoms with Crippen LogP contribution in [-0.2, 0) is 23.9 Å². The van der Waals surface area contributed by atoms with Gasteiger partial charge in [-0.25, -0.2) is 4.79 Å². The molecule has 1 heterocycles. The van der Waals surface area contributed by atoms with Crippen molar-refractivity contribution in [2.75, 3.05) is 0 Å². The molecule has 120 valence electrons. The van der Waals surface area contributed by atoms with Gasteiger partial charge in [0.1, 0.15) is 0 Å². The maximum absolute atomic E-state index is 11.5. The van der Waals surface area contributed by atoms with Crippen molar-refractivity contribution in [2.24, 2.45) is 0 Å². The Morgan fingerprint density at radius 1 is 1.05 bits per heavy atom. The van der Waals surface area contributed by atoms with Gasteiger partial charge in [0, 0.05) is 6.42 Å². The number of esters is 3. The van der Waals surface area contributed by atoms with E-state index in [1.807, 2.05) is 0 Å². The van der Waals surface area contributed by atoms with E-state index in [9.17, 15) is 14.4 Å². The number of ether oxygens (including phenoxy) is 2. The Bertz CT molecular complexity index is 351. The molecule has 1 atom stereocenters. The van der Waals surface area contributed by atoms with E-state index in [0.717, 1.165) is 19.3 Å². The van der Waals surface area contributed by atoms with Crippen molar-refractivity contribution in [3.05, 3.63) is 0 Å². The molecule has 1 fully saturated rings. The molecule has 5 heteroatoms. The Labute approximate surface area is 126 Å². The lowest BCUT2D eigenvalue weighted by Gasteiger charge is -2.07. The molecule has 0 radical (unpaired) electrons. The molecule has 0 spiro atoms. The summed E-state index contributed by atoms with van der Waals surface area (Å²) < 4.78 is 9.25. The predicted octanol–water partition coefficient (Wildman–Crippen LogP) is 3.29. The van der Waals surface area contributed by atoms with Gasteiger partial charge >= 0.3 is 17.9 Å². The van der Waals surface area contributed by atoms with Crippen molar-refractivity contribution in [3.63, 3.8) is 0 Å². The molecule has 1 rings (SSSR count). The molecule has 0 bridgehead atoms. The van der Waals surface area contributed by atoms with E-state index in [-0.39, 0.29) is 6.42 Å². The molecule has 0 saturated carbocycles.